The van der Waals surface area contributed by atoms with E-state index in [1.54, 1.807) is 36.4 Å². The largest absolute Gasteiger partial charge is 0.496 e. The zero-order valence-corrected chi connectivity index (χ0v) is 19.4. The summed E-state index contributed by atoms with van der Waals surface area (Å²) in [5.74, 6) is -2.13. The number of methoxy groups -OCH3 is 2. The topological polar surface area (TPSA) is 102 Å². The number of nitrogens with one attached hydrogen (secondary N) is 1. The molecule has 0 spiro atoms. The maximum Gasteiger partial charge on any atom is 0.337 e. The molecular formula is C27H21FN2O6. The minimum atomic E-state index is -0.911. The van der Waals surface area contributed by atoms with Crippen LogP contribution >= 0.6 is 0 Å². The van der Waals surface area contributed by atoms with Crippen molar-refractivity contribution >= 4 is 35.6 Å². The molecule has 1 aliphatic heterocycles. The summed E-state index contributed by atoms with van der Waals surface area (Å²) in [7, 11) is 2.70. The summed E-state index contributed by atoms with van der Waals surface area (Å²) in [6.45, 7) is 0. The van der Waals surface area contributed by atoms with E-state index in [4.69, 9.17) is 4.74 Å². The maximum atomic E-state index is 14.1. The van der Waals surface area contributed by atoms with Gasteiger partial charge in [-0.3, -0.25) is 14.9 Å². The third-order valence-corrected chi connectivity index (χ3v) is 5.61. The van der Waals surface area contributed by atoms with E-state index in [-0.39, 0.29) is 29.1 Å². The number of carbonyl (C=O) groups is 4. The number of ether oxygens (including phenoxy) is 2. The summed E-state index contributed by atoms with van der Waals surface area (Å²) >= 11 is 0. The molecule has 1 aliphatic rings. The van der Waals surface area contributed by atoms with Gasteiger partial charge < -0.3 is 9.47 Å². The zero-order valence-electron chi connectivity index (χ0n) is 19.4. The van der Waals surface area contributed by atoms with Crippen LogP contribution in [0.4, 0.5) is 14.9 Å². The second-order valence-corrected chi connectivity index (χ2v) is 7.84. The highest BCUT2D eigenvalue weighted by atomic mass is 19.1. The molecule has 0 atom stereocenters. The lowest BCUT2D eigenvalue weighted by molar-refractivity contribution is -0.122. The van der Waals surface area contributed by atoms with Crippen LogP contribution in [-0.4, -0.2) is 38.0 Å². The van der Waals surface area contributed by atoms with E-state index in [0.29, 0.717) is 22.4 Å². The first-order chi connectivity index (χ1) is 17.3. The van der Waals surface area contributed by atoms with E-state index in [9.17, 15) is 23.6 Å². The molecule has 9 heteroatoms. The van der Waals surface area contributed by atoms with Gasteiger partial charge in [0.25, 0.3) is 11.8 Å². The molecule has 8 nitrogen and oxygen atoms in total. The van der Waals surface area contributed by atoms with Crippen LogP contribution in [0.1, 0.15) is 27.0 Å². The van der Waals surface area contributed by atoms with Gasteiger partial charge in [-0.05, 0) is 59.2 Å². The molecule has 0 aromatic heterocycles. The highest BCUT2D eigenvalue weighted by Gasteiger charge is 2.36. The predicted octanol–water partition coefficient (Wildman–Crippen LogP) is 3.88. The fourth-order valence-electron chi connectivity index (χ4n) is 3.77. The highest BCUT2D eigenvalue weighted by molar-refractivity contribution is 6.39. The second kappa shape index (κ2) is 10.2. The SMILES string of the molecule is COC(=O)c1ccc(N2C(=O)NC(=O)/C(=C\c3ccc(Cc4ccccc4F)c(OC)c3)C2=O)cc1. The number of benzene rings is 3. The minimum absolute atomic E-state index is 0.168. The van der Waals surface area contributed by atoms with E-state index in [1.165, 1.54) is 50.6 Å². The highest BCUT2D eigenvalue weighted by Crippen LogP contribution is 2.27. The molecule has 182 valence electrons. The lowest BCUT2D eigenvalue weighted by Gasteiger charge is -2.26. The molecule has 4 amide bonds. The van der Waals surface area contributed by atoms with Gasteiger partial charge in [-0.2, -0.15) is 0 Å². The first-order valence-corrected chi connectivity index (χ1v) is 10.8. The molecule has 1 saturated heterocycles. The first-order valence-electron chi connectivity index (χ1n) is 10.8. The van der Waals surface area contributed by atoms with Gasteiger partial charge in [-0.25, -0.2) is 18.9 Å². The number of hydrogen-bond donors (Lipinski definition) is 1. The van der Waals surface area contributed by atoms with Gasteiger partial charge in [0.05, 0.1) is 25.5 Å². The zero-order chi connectivity index (χ0) is 25.8. The van der Waals surface area contributed by atoms with Gasteiger partial charge in [0.15, 0.2) is 0 Å². The van der Waals surface area contributed by atoms with Gasteiger partial charge in [-0.1, -0.05) is 30.3 Å². The van der Waals surface area contributed by atoms with Crippen LogP contribution in [0.3, 0.4) is 0 Å². The smallest absolute Gasteiger partial charge is 0.337 e. The number of urea groups is 1. The lowest BCUT2D eigenvalue weighted by Crippen LogP contribution is -2.54. The number of amides is 4. The minimum Gasteiger partial charge on any atom is -0.496 e. The third-order valence-electron chi connectivity index (χ3n) is 5.61. The average molecular weight is 488 g/mol. The number of halogens is 1. The Morgan fingerprint density at radius 2 is 1.69 bits per heavy atom. The van der Waals surface area contributed by atoms with Crippen LogP contribution in [0.5, 0.6) is 5.75 Å². The van der Waals surface area contributed by atoms with Crippen LogP contribution < -0.4 is 15.0 Å². The Bertz CT molecular complexity index is 1400. The number of imide groups is 2. The van der Waals surface area contributed by atoms with Crippen LogP contribution in [0.2, 0.25) is 0 Å². The van der Waals surface area contributed by atoms with Crippen molar-refractivity contribution in [2.75, 3.05) is 19.1 Å². The Balaban J connectivity index is 1.63. The van der Waals surface area contributed by atoms with Gasteiger partial charge in [0.2, 0.25) is 0 Å². The van der Waals surface area contributed by atoms with Crippen molar-refractivity contribution in [2.24, 2.45) is 0 Å². The van der Waals surface area contributed by atoms with Gasteiger partial charge in [0.1, 0.15) is 17.1 Å². The number of anilines is 1. The average Bonchev–Trinajstić information content (AvgIpc) is 2.88. The Kier molecular flexibility index (Phi) is 6.91. The molecule has 1 N–H and O–H groups in total. The summed E-state index contributed by atoms with van der Waals surface area (Å²) in [5, 5.41) is 2.15. The van der Waals surface area contributed by atoms with E-state index in [1.807, 2.05) is 0 Å². The van der Waals surface area contributed by atoms with E-state index < -0.39 is 23.8 Å². The number of esters is 1. The van der Waals surface area contributed by atoms with E-state index in [2.05, 4.69) is 10.1 Å². The number of barbiturate groups is 1. The summed E-state index contributed by atoms with van der Waals surface area (Å²) in [5.41, 5.74) is 1.82. The summed E-state index contributed by atoms with van der Waals surface area (Å²) in [6.07, 6.45) is 1.63. The maximum absolute atomic E-state index is 14.1. The summed E-state index contributed by atoms with van der Waals surface area (Å²) in [4.78, 5) is 50.5. The van der Waals surface area contributed by atoms with Crippen LogP contribution in [0, 0.1) is 5.82 Å². The third kappa shape index (κ3) is 4.85. The van der Waals surface area contributed by atoms with Gasteiger partial charge in [-0.15, -0.1) is 0 Å². The Labute approximate surface area is 205 Å². The monoisotopic (exact) mass is 488 g/mol. The molecule has 0 unspecified atom stereocenters. The lowest BCUT2D eigenvalue weighted by atomic mass is 10.00. The molecule has 0 aliphatic carbocycles. The Morgan fingerprint density at radius 3 is 2.36 bits per heavy atom. The molecule has 4 rings (SSSR count). The van der Waals surface area contributed by atoms with Crippen molar-refractivity contribution in [3.63, 3.8) is 0 Å². The van der Waals surface area contributed by atoms with Crippen LogP contribution in [0.15, 0.2) is 72.3 Å². The molecule has 3 aromatic carbocycles. The quantitative estimate of drug-likeness (QED) is 0.321. The second-order valence-electron chi connectivity index (χ2n) is 7.84. The molecule has 0 radical (unpaired) electrons. The molecule has 0 saturated carbocycles. The Hall–Kier alpha value is -4.79. The van der Waals surface area contributed by atoms with E-state index in [0.717, 1.165) is 4.90 Å². The molecular weight excluding hydrogens is 467 g/mol. The van der Waals surface area contributed by atoms with Crippen molar-refractivity contribution in [1.29, 1.82) is 0 Å². The normalized spacial score (nSPS) is 14.6. The van der Waals surface area contributed by atoms with Crippen molar-refractivity contribution in [2.45, 2.75) is 6.42 Å². The molecule has 0 bridgehead atoms. The fourth-order valence-corrected chi connectivity index (χ4v) is 3.77. The van der Waals surface area contributed by atoms with Crippen molar-refractivity contribution in [1.82, 2.24) is 5.32 Å². The molecule has 1 heterocycles. The predicted molar refractivity (Wildman–Crippen MR) is 129 cm³/mol. The number of hydrogen-bond acceptors (Lipinski definition) is 6. The molecule has 36 heavy (non-hydrogen) atoms. The van der Waals surface area contributed by atoms with Gasteiger partial charge in [0, 0.05) is 6.42 Å². The van der Waals surface area contributed by atoms with E-state index >= 15 is 0 Å². The number of nitrogens with zero attached hydrogens (tertiary/aromatic N) is 1. The number of rotatable bonds is 6. The molecule has 1 fully saturated rings. The first kappa shape index (κ1) is 24.3. The summed E-state index contributed by atoms with van der Waals surface area (Å²) in [6, 6.07) is 16.1. The fraction of sp³-hybridized carbons (Fsp3) is 0.111. The van der Waals surface area contributed by atoms with Crippen LogP contribution in [0.25, 0.3) is 6.08 Å². The van der Waals surface area contributed by atoms with Crippen LogP contribution in [-0.2, 0) is 20.7 Å². The van der Waals surface area contributed by atoms with Gasteiger partial charge >= 0.3 is 12.0 Å². The van der Waals surface area contributed by atoms with Crippen molar-refractivity contribution < 1.29 is 33.0 Å². The van der Waals surface area contributed by atoms with Crippen molar-refractivity contribution in [3.05, 3.63) is 100 Å². The Morgan fingerprint density at radius 1 is 0.972 bits per heavy atom. The van der Waals surface area contributed by atoms with Crippen molar-refractivity contribution in [3.8, 4) is 5.75 Å². The summed E-state index contributed by atoms with van der Waals surface area (Å²) < 4.78 is 24.2. The molecule has 3 aromatic rings. The standard InChI is InChI=1S/C27H21FN2O6/c1-35-23-14-16(7-8-19(23)15-18-5-3-4-6-22(18)28)13-21-24(31)29-27(34)30(25(21)32)20-11-9-17(10-12-20)26(33)36-2/h3-14H,15H2,1-2H3,(H,29,31,34)/b21-13+. The number of carbonyl (C=O) groups excluding carboxylic acids is 4.